The first kappa shape index (κ1) is 23.0. The maximum absolute atomic E-state index is 12.8. The number of nitrogens with zero attached hydrogens (tertiary/aromatic N) is 5. The van der Waals surface area contributed by atoms with E-state index in [1.165, 1.54) is 11.1 Å². The SMILES string of the molecule is CCOC(=O)C1CCCCC1n1nnnc1C(Nc1ccc2[nH]cnc2c1)c1ccc(C)c(C)c1. The predicted octanol–water partition coefficient (Wildman–Crippen LogP) is 4.66. The van der Waals surface area contributed by atoms with Crippen LogP contribution in [0.3, 0.4) is 0 Å². The Hall–Kier alpha value is -3.75. The number of aromatic nitrogens is 6. The monoisotopic (exact) mass is 473 g/mol. The third-order valence-corrected chi connectivity index (χ3v) is 7.01. The number of imidazole rings is 1. The van der Waals surface area contributed by atoms with Crippen LogP contribution in [0.25, 0.3) is 11.0 Å². The van der Waals surface area contributed by atoms with Gasteiger partial charge in [0, 0.05) is 5.69 Å². The second kappa shape index (κ2) is 9.85. The normalized spacial score (nSPS) is 18.9. The fourth-order valence-electron chi connectivity index (χ4n) is 4.98. The zero-order chi connectivity index (χ0) is 24.4. The summed E-state index contributed by atoms with van der Waals surface area (Å²) >= 11 is 0. The number of carbonyl (C=O) groups is 1. The number of aryl methyl sites for hydroxylation is 2. The molecule has 2 aromatic heterocycles. The molecule has 0 radical (unpaired) electrons. The highest BCUT2D eigenvalue weighted by Gasteiger charge is 2.37. The molecule has 0 aliphatic heterocycles. The van der Waals surface area contributed by atoms with Crippen molar-refractivity contribution in [3.05, 3.63) is 65.2 Å². The average molecular weight is 474 g/mol. The third kappa shape index (κ3) is 4.62. The van der Waals surface area contributed by atoms with Gasteiger partial charge in [-0.25, -0.2) is 9.67 Å². The maximum Gasteiger partial charge on any atom is 0.311 e. The zero-order valence-electron chi connectivity index (χ0n) is 20.4. The molecule has 0 saturated heterocycles. The number of hydrogen-bond acceptors (Lipinski definition) is 7. The van der Waals surface area contributed by atoms with Gasteiger partial charge < -0.3 is 15.0 Å². The van der Waals surface area contributed by atoms with Gasteiger partial charge in [0.15, 0.2) is 5.82 Å². The molecule has 1 aliphatic rings. The van der Waals surface area contributed by atoms with E-state index in [0.717, 1.165) is 48.0 Å². The number of hydrogen-bond donors (Lipinski definition) is 2. The molecule has 1 saturated carbocycles. The summed E-state index contributed by atoms with van der Waals surface area (Å²) in [6.45, 7) is 6.41. The van der Waals surface area contributed by atoms with Crippen molar-refractivity contribution in [1.82, 2.24) is 30.2 Å². The van der Waals surface area contributed by atoms with Crippen LogP contribution in [-0.2, 0) is 9.53 Å². The van der Waals surface area contributed by atoms with Gasteiger partial charge in [0.25, 0.3) is 0 Å². The van der Waals surface area contributed by atoms with Gasteiger partial charge in [0.05, 0.1) is 35.9 Å². The smallest absolute Gasteiger partial charge is 0.311 e. The number of rotatable bonds is 7. The summed E-state index contributed by atoms with van der Waals surface area (Å²) in [7, 11) is 0. The van der Waals surface area contributed by atoms with Gasteiger partial charge in [-0.05, 0) is 78.9 Å². The van der Waals surface area contributed by atoms with Crippen LogP contribution in [-0.4, -0.2) is 42.8 Å². The van der Waals surface area contributed by atoms with Crippen molar-refractivity contribution in [1.29, 1.82) is 0 Å². The highest BCUT2D eigenvalue weighted by Crippen LogP contribution is 2.37. The van der Waals surface area contributed by atoms with E-state index in [1.807, 2.05) is 29.8 Å². The molecule has 9 heteroatoms. The van der Waals surface area contributed by atoms with E-state index in [1.54, 1.807) is 6.33 Å². The number of carbonyl (C=O) groups excluding carboxylic acids is 1. The van der Waals surface area contributed by atoms with E-state index < -0.39 is 0 Å². The Balaban J connectivity index is 1.56. The van der Waals surface area contributed by atoms with E-state index in [4.69, 9.17) is 4.74 Å². The van der Waals surface area contributed by atoms with Gasteiger partial charge in [0.2, 0.25) is 0 Å². The Bertz CT molecular complexity index is 1330. The second-order valence-corrected chi connectivity index (χ2v) is 9.25. The number of aromatic amines is 1. The highest BCUT2D eigenvalue weighted by molar-refractivity contribution is 5.79. The maximum atomic E-state index is 12.8. The van der Waals surface area contributed by atoms with Crippen molar-refractivity contribution in [3.8, 4) is 0 Å². The number of ether oxygens (including phenoxy) is 1. The van der Waals surface area contributed by atoms with Crippen LogP contribution >= 0.6 is 0 Å². The van der Waals surface area contributed by atoms with E-state index in [0.29, 0.717) is 12.4 Å². The lowest BCUT2D eigenvalue weighted by Crippen LogP contribution is -2.33. The van der Waals surface area contributed by atoms with Gasteiger partial charge in [0.1, 0.15) is 6.04 Å². The van der Waals surface area contributed by atoms with Crippen LogP contribution in [0.15, 0.2) is 42.7 Å². The molecule has 2 N–H and O–H groups in total. The van der Waals surface area contributed by atoms with Gasteiger partial charge in [-0.15, -0.1) is 5.10 Å². The Kier molecular flexibility index (Phi) is 6.48. The van der Waals surface area contributed by atoms with Crippen LogP contribution in [0.2, 0.25) is 0 Å². The number of anilines is 1. The zero-order valence-corrected chi connectivity index (χ0v) is 20.4. The van der Waals surface area contributed by atoms with Crippen molar-refractivity contribution < 1.29 is 9.53 Å². The highest BCUT2D eigenvalue weighted by atomic mass is 16.5. The minimum absolute atomic E-state index is 0.141. The lowest BCUT2D eigenvalue weighted by molar-refractivity contribution is -0.151. The summed E-state index contributed by atoms with van der Waals surface area (Å²) in [5, 5.41) is 16.6. The van der Waals surface area contributed by atoms with Gasteiger partial charge in [-0.1, -0.05) is 31.0 Å². The Morgan fingerprint density at radius 3 is 2.86 bits per heavy atom. The van der Waals surface area contributed by atoms with Gasteiger partial charge >= 0.3 is 5.97 Å². The number of esters is 1. The van der Waals surface area contributed by atoms with E-state index in [-0.39, 0.29) is 24.0 Å². The van der Waals surface area contributed by atoms with Crippen molar-refractivity contribution in [2.75, 3.05) is 11.9 Å². The van der Waals surface area contributed by atoms with Crippen LogP contribution in [0.4, 0.5) is 5.69 Å². The topological polar surface area (TPSA) is 111 Å². The molecular weight excluding hydrogens is 442 g/mol. The first-order chi connectivity index (χ1) is 17.0. The first-order valence-electron chi connectivity index (χ1n) is 12.3. The number of fused-ring (bicyclic) bond motifs is 1. The molecule has 3 unspecified atom stereocenters. The van der Waals surface area contributed by atoms with Crippen molar-refractivity contribution in [2.45, 2.75) is 58.5 Å². The summed E-state index contributed by atoms with van der Waals surface area (Å²) in [6, 6.07) is 12.0. The molecule has 1 fully saturated rings. The molecule has 0 bridgehead atoms. The summed E-state index contributed by atoms with van der Waals surface area (Å²) in [6.07, 6.45) is 5.33. The van der Waals surface area contributed by atoms with Crippen LogP contribution < -0.4 is 5.32 Å². The number of nitrogens with one attached hydrogen (secondary N) is 2. The molecule has 1 aliphatic carbocycles. The number of benzene rings is 2. The molecule has 0 amide bonds. The number of H-pyrrole nitrogens is 1. The Morgan fingerprint density at radius 1 is 1.17 bits per heavy atom. The van der Waals surface area contributed by atoms with E-state index >= 15 is 0 Å². The quantitative estimate of drug-likeness (QED) is 0.376. The molecule has 0 spiro atoms. The molecule has 182 valence electrons. The average Bonchev–Trinajstić information content (AvgIpc) is 3.54. The van der Waals surface area contributed by atoms with E-state index in [9.17, 15) is 4.79 Å². The fourth-order valence-corrected chi connectivity index (χ4v) is 4.98. The summed E-state index contributed by atoms with van der Waals surface area (Å²) in [5.41, 5.74) is 6.23. The molecule has 35 heavy (non-hydrogen) atoms. The van der Waals surface area contributed by atoms with Crippen molar-refractivity contribution in [3.63, 3.8) is 0 Å². The minimum Gasteiger partial charge on any atom is -0.466 e. The van der Waals surface area contributed by atoms with Crippen LogP contribution in [0, 0.1) is 19.8 Å². The minimum atomic E-state index is -0.314. The van der Waals surface area contributed by atoms with Crippen LogP contribution in [0.1, 0.15) is 67.2 Å². The first-order valence-corrected chi connectivity index (χ1v) is 12.3. The molecular formula is C26H31N7O2. The third-order valence-electron chi connectivity index (χ3n) is 7.01. The molecule has 9 nitrogen and oxygen atoms in total. The van der Waals surface area contributed by atoms with E-state index in [2.05, 4.69) is 62.9 Å². The Labute approximate surface area is 204 Å². The number of tetrazole rings is 1. The van der Waals surface area contributed by atoms with Crippen LogP contribution in [0.5, 0.6) is 0 Å². The lowest BCUT2D eigenvalue weighted by atomic mass is 9.84. The Morgan fingerprint density at radius 2 is 2.03 bits per heavy atom. The van der Waals surface area contributed by atoms with Crippen molar-refractivity contribution >= 4 is 22.7 Å². The molecule has 2 heterocycles. The summed E-state index contributed by atoms with van der Waals surface area (Å²) < 4.78 is 7.25. The second-order valence-electron chi connectivity index (χ2n) is 9.25. The predicted molar refractivity (Wildman–Crippen MR) is 133 cm³/mol. The fraction of sp³-hybridized carbons (Fsp3) is 0.423. The lowest BCUT2D eigenvalue weighted by Gasteiger charge is -2.31. The summed E-state index contributed by atoms with van der Waals surface area (Å²) in [4.78, 5) is 20.3. The standard InChI is InChI=1S/C26H31N7O2/c1-4-35-26(34)20-7-5-6-8-23(20)33-25(30-31-32-33)24(18-10-9-16(2)17(3)13-18)29-19-11-12-21-22(14-19)28-15-27-21/h9-15,20,23-24,29H,4-8H2,1-3H3,(H,27,28). The molecule has 5 rings (SSSR count). The summed E-state index contributed by atoms with van der Waals surface area (Å²) in [5.74, 6) is 0.252. The van der Waals surface area contributed by atoms with Gasteiger partial charge in [-0.2, -0.15) is 0 Å². The molecule has 4 aromatic rings. The largest absolute Gasteiger partial charge is 0.466 e. The molecule has 3 atom stereocenters. The van der Waals surface area contributed by atoms with Crippen molar-refractivity contribution in [2.24, 2.45) is 5.92 Å². The molecule has 2 aromatic carbocycles. The van der Waals surface area contributed by atoms with Gasteiger partial charge in [-0.3, -0.25) is 4.79 Å².